The maximum absolute atomic E-state index is 3.67. The van der Waals surface area contributed by atoms with Crippen LogP contribution in [0.1, 0.15) is 26.2 Å². The van der Waals surface area contributed by atoms with Crippen LogP contribution in [-0.2, 0) is 0 Å². The first kappa shape index (κ1) is 13.9. The molecule has 0 spiro atoms. The Labute approximate surface area is 99.1 Å². The fourth-order valence-corrected chi connectivity index (χ4v) is 0.861. The van der Waals surface area contributed by atoms with Crippen LogP contribution in [0.15, 0.2) is 37.0 Å². The molecule has 0 aromatic rings. The minimum absolute atomic E-state index is 1.07. The summed E-state index contributed by atoms with van der Waals surface area (Å²) in [5, 5.41) is 0. The van der Waals surface area contributed by atoms with Crippen LogP contribution in [0.25, 0.3) is 0 Å². The molecule has 0 aromatic carbocycles. The molecule has 0 heterocycles. The van der Waals surface area contributed by atoms with Gasteiger partial charge in [-0.3, -0.25) is 0 Å². The highest BCUT2D eigenvalue weighted by Gasteiger charge is 1.76. The second-order valence-corrected chi connectivity index (χ2v) is 2.90. The summed E-state index contributed by atoms with van der Waals surface area (Å²) >= 11 is 0. The van der Waals surface area contributed by atoms with E-state index in [9.17, 15) is 0 Å². The number of allylic oxidation sites excluding steroid dienone is 5. The summed E-state index contributed by atoms with van der Waals surface area (Å²) in [6.07, 6.45) is 13.0. The topological polar surface area (TPSA) is 0 Å². The largest absolute Gasteiger partial charge is 0.103 e. The van der Waals surface area contributed by atoms with Crippen LogP contribution in [0.2, 0.25) is 0 Å². The highest BCUT2D eigenvalue weighted by molar-refractivity contribution is 5.37. The number of rotatable bonds is 5. The van der Waals surface area contributed by atoms with Crippen molar-refractivity contribution >= 4 is 0 Å². The van der Waals surface area contributed by atoms with Gasteiger partial charge < -0.3 is 0 Å². The molecule has 0 bridgehead atoms. The molecule has 0 heteroatoms. The Hall–Kier alpha value is -2.10. The van der Waals surface area contributed by atoms with Crippen LogP contribution in [0.5, 0.6) is 0 Å². The van der Waals surface area contributed by atoms with Gasteiger partial charge in [0.1, 0.15) is 0 Å². The summed E-state index contributed by atoms with van der Waals surface area (Å²) in [4.78, 5) is 0. The van der Waals surface area contributed by atoms with Gasteiger partial charge in [-0.1, -0.05) is 36.1 Å². The molecule has 0 fully saturated rings. The third kappa shape index (κ3) is 11.9. The first-order chi connectivity index (χ1) is 7.91. The Kier molecular flexibility index (Phi) is 11.2. The average Bonchev–Trinajstić information content (AvgIpc) is 2.31. The quantitative estimate of drug-likeness (QED) is 0.281. The molecule has 16 heavy (non-hydrogen) atoms. The summed E-state index contributed by atoms with van der Waals surface area (Å²) in [6, 6.07) is 0. The third-order valence-corrected chi connectivity index (χ3v) is 1.59. The van der Waals surface area contributed by atoms with Gasteiger partial charge in [0.15, 0.2) is 0 Å². The summed E-state index contributed by atoms with van der Waals surface area (Å²) in [5.74, 6) is 16.0. The highest BCUT2D eigenvalue weighted by Crippen LogP contribution is 1.96. The van der Waals surface area contributed by atoms with E-state index in [1.54, 1.807) is 13.0 Å². The summed E-state index contributed by atoms with van der Waals surface area (Å²) < 4.78 is 0. The van der Waals surface area contributed by atoms with Crippen LogP contribution >= 0.6 is 0 Å². The predicted octanol–water partition coefficient (Wildman–Crippen LogP) is 3.49. The van der Waals surface area contributed by atoms with E-state index in [0.717, 1.165) is 19.3 Å². The van der Waals surface area contributed by atoms with E-state index in [4.69, 9.17) is 0 Å². The zero-order valence-electron chi connectivity index (χ0n) is 9.72. The number of unbranched alkanes of at least 4 members (excludes halogenated alkanes) is 2. The zero-order chi connectivity index (χ0) is 11.9. The Morgan fingerprint density at radius 3 is 2.56 bits per heavy atom. The standard InChI is InChI=1S/C16H16/c1-3-5-7-9-11-13-15-16-14-12-10-8-6-4-2/h3,11,13,15-16H,1,5,7,9H2,2H3/b13-11+,16-15+. The second-order valence-electron chi connectivity index (χ2n) is 2.90. The predicted molar refractivity (Wildman–Crippen MR) is 71.3 cm³/mol. The van der Waals surface area contributed by atoms with Crippen molar-refractivity contribution in [1.29, 1.82) is 0 Å². The SMILES string of the molecule is C=CCCC/C=C/C=C/C#CC#CC#CC. The first-order valence-electron chi connectivity index (χ1n) is 5.26. The zero-order valence-corrected chi connectivity index (χ0v) is 9.72. The van der Waals surface area contributed by atoms with Crippen LogP contribution in [0.3, 0.4) is 0 Å². The number of hydrogen-bond acceptors (Lipinski definition) is 0. The smallest absolute Gasteiger partial charge is 0.000709 e. The van der Waals surface area contributed by atoms with Crippen LogP contribution in [-0.4, -0.2) is 0 Å². The molecule has 0 saturated carbocycles. The minimum Gasteiger partial charge on any atom is -0.103 e. The lowest BCUT2D eigenvalue weighted by atomic mass is 10.2. The Morgan fingerprint density at radius 1 is 1.00 bits per heavy atom. The van der Waals surface area contributed by atoms with Gasteiger partial charge in [-0.25, -0.2) is 0 Å². The average molecular weight is 208 g/mol. The summed E-state index contributed by atoms with van der Waals surface area (Å²) in [7, 11) is 0. The molecular formula is C16H16. The van der Waals surface area contributed by atoms with E-state index in [-0.39, 0.29) is 0 Å². The van der Waals surface area contributed by atoms with E-state index < -0.39 is 0 Å². The van der Waals surface area contributed by atoms with Crippen molar-refractivity contribution in [3.63, 3.8) is 0 Å². The van der Waals surface area contributed by atoms with Gasteiger partial charge in [0.25, 0.3) is 0 Å². The lowest BCUT2D eigenvalue weighted by molar-refractivity contribution is 0.870. The van der Waals surface area contributed by atoms with Crippen molar-refractivity contribution in [2.24, 2.45) is 0 Å². The van der Waals surface area contributed by atoms with E-state index in [1.165, 1.54) is 0 Å². The van der Waals surface area contributed by atoms with Gasteiger partial charge in [-0.05, 0) is 55.9 Å². The third-order valence-electron chi connectivity index (χ3n) is 1.59. The normalized spacial score (nSPS) is 8.56. The second kappa shape index (κ2) is 12.9. The number of hydrogen-bond donors (Lipinski definition) is 0. The van der Waals surface area contributed by atoms with Crippen LogP contribution in [0.4, 0.5) is 0 Å². The Morgan fingerprint density at radius 2 is 1.81 bits per heavy atom. The summed E-state index contributed by atoms with van der Waals surface area (Å²) in [5.41, 5.74) is 0. The molecule has 0 rings (SSSR count). The van der Waals surface area contributed by atoms with Crippen molar-refractivity contribution in [2.45, 2.75) is 26.2 Å². The Balaban J connectivity index is 3.72. The first-order valence-corrected chi connectivity index (χ1v) is 5.26. The monoisotopic (exact) mass is 208 g/mol. The van der Waals surface area contributed by atoms with Gasteiger partial charge in [0.2, 0.25) is 0 Å². The molecule has 0 atom stereocenters. The molecule has 0 unspecified atom stereocenters. The van der Waals surface area contributed by atoms with Crippen LogP contribution in [0, 0.1) is 35.5 Å². The Bertz CT molecular complexity index is 414. The molecular weight excluding hydrogens is 192 g/mol. The van der Waals surface area contributed by atoms with Crippen molar-refractivity contribution in [1.82, 2.24) is 0 Å². The van der Waals surface area contributed by atoms with E-state index in [0.29, 0.717) is 0 Å². The van der Waals surface area contributed by atoms with Gasteiger partial charge in [-0.15, -0.1) is 6.58 Å². The fourth-order valence-electron chi connectivity index (χ4n) is 0.861. The molecule has 80 valence electrons. The van der Waals surface area contributed by atoms with E-state index in [1.807, 2.05) is 18.2 Å². The summed E-state index contributed by atoms with van der Waals surface area (Å²) in [6.45, 7) is 5.42. The lowest BCUT2D eigenvalue weighted by Crippen LogP contribution is -1.66. The molecule has 0 nitrogen and oxygen atoms in total. The minimum atomic E-state index is 1.07. The lowest BCUT2D eigenvalue weighted by Gasteiger charge is -1.86. The van der Waals surface area contributed by atoms with Crippen molar-refractivity contribution < 1.29 is 0 Å². The van der Waals surface area contributed by atoms with Crippen molar-refractivity contribution in [3.05, 3.63) is 37.0 Å². The van der Waals surface area contributed by atoms with Crippen LogP contribution < -0.4 is 0 Å². The maximum atomic E-state index is 3.67. The van der Waals surface area contributed by atoms with E-state index >= 15 is 0 Å². The van der Waals surface area contributed by atoms with Gasteiger partial charge >= 0.3 is 0 Å². The highest BCUT2D eigenvalue weighted by atomic mass is 13.8. The maximum Gasteiger partial charge on any atom is -0.000709 e. The molecule has 0 saturated heterocycles. The molecule has 0 aliphatic heterocycles. The van der Waals surface area contributed by atoms with Crippen molar-refractivity contribution in [2.75, 3.05) is 0 Å². The fraction of sp³-hybridized carbons (Fsp3) is 0.250. The van der Waals surface area contributed by atoms with Gasteiger partial charge in [-0.2, -0.15) is 0 Å². The van der Waals surface area contributed by atoms with Gasteiger partial charge in [0, 0.05) is 0 Å². The molecule has 0 amide bonds. The molecule has 0 aromatic heterocycles. The van der Waals surface area contributed by atoms with E-state index in [2.05, 4.69) is 48.2 Å². The van der Waals surface area contributed by atoms with Gasteiger partial charge in [0.05, 0.1) is 0 Å². The van der Waals surface area contributed by atoms with Crippen molar-refractivity contribution in [3.8, 4) is 35.5 Å². The molecule has 0 radical (unpaired) electrons. The molecule has 0 aliphatic rings. The molecule has 0 N–H and O–H groups in total. The molecule has 0 aliphatic carbocycles.